The zero-order valence-corrected chi connectivity index (χ0v) is 13.8. The van der Waals surface area contributed by atoms with E-state index in [0.717, 1.165) is 5.69 Å². The van der Waals surface area contributed by atoms with Gasteiger partial charge in [0.2, 0.25) is 0 Å². The van der Waals surface area contributed by atoms with Gasteiger partial charge in [0.05, 0.1) is 12.2 Å². The minimum Gasteiger partial charge on any atom is -0.442 e. The lowest BCUT2D eigenvalue weighted by Crippen LogP contribution is -2.49. The van der Waals surface area contributed by atoms with Crippen LogP contribution in [0.2, 0.25) is 0 Å². The Morgan fingerprint density at radius 3 is 2.32 bits per heavy atom. The number of hydrogen-bond donors (Lipinski definition) is 0. The molecule has 0 atom stereocenters. The van der Waals surface area contributed by atoms with E-state index in [0.29, 0.717) is 19.5 Å². The predicted molar refractivity (Wildman–Crippen MR) is 91.7 cm³/mol. The molecule has 22 heavy (non-hydrogen) atoms. The van der Waals surface area contributed by atoms with Gasteiger partial charge in [-0.3, -0.25) is 5.01 Å². The lowest BCUT2D eigenvalue weighted by molar-refractivity contribution is 0.0233. The van der Waals surface area contributed by atoms with Gasteiger partial charge in [-0.1, -0.05) is 30.4 Å². The molecule has 0 spiro atoms. The van der Waals surface area contributed by atoms with Crippen molar-refractivity contribution in [3.05, 3.63) is 55.6 Å². The van der Waals surface area contributed by atoms with Gasteiger partial charge in [-0.15, -0.1) is 13.2 Å². The third-order valence-electron chi connectivity index (χ3n) is 2.80. The summed E-state index contributed by atoms with van der Waals surface area (Å²) in [5.41, 5.74) is 0.373. The minimum atomic E-state index is -0.542. The molecule has 0 aromatic heterocycles. The summed E-state index contributed by atoms with van der Waals surface area (Å²) in [6, 6.07) is 9.72. The van der Waals surface area contributed by atoms with Crippen molar-refractivity contribution >= 4 is 11.8 Å². The fourth-order valence-corrected chi connectivity index (χ4v) is 1.90. The zero-order valence-electron chi connectivity index (χ0n) is 13.8. The van der Waals surface area contributed by atoms with Crippen LogP contribution >= 0.6 is 0 Å². The Balaban J connectivity index is 3.06. The first kappa shape index (κ1) is 17.8. The van der Waals surface area contributed by atoms with Crippen LogP contribution in [0.3, 0.4) is 0 Å². The Labute approximate surface area is 133 Å². The highest BCUT2D eigenvalue weighted by Crippen LogP contribution is 2.19. The molecule has 0 saturated heterocycles. The fraction of sp³-hybridized carbons (Fsp3) is 0.389. The molecule has 1 amide bonds. The smallest absolute Gasteiger partial charge is 0.429 e. The molecular weight excluding hydrogens is 276 g/mol. The van der Waals surface area contributed by atoms with Crippen LogP contribution in [0.4, 0.5) is 10.5 Å². The highest BCUT2D eigenvalue weighted by molar-refractivity contribution is 5.71. The average Bonchev–Trinajstić information content (AvgIpc) is 2.45. The molecule has 0 aliphatic carbocycles. The minimum absolute atomic E-state index is 0.375. The second-order valence-electron chi connectivity index (χ2n) is 5.89. The molecule has 0 bridgehead atoms. The van der Waals surface area contributed by atoms with Gasteiger partial charge in [-0.25, -0.2) is 9.80 Å². The maximum absolute atomic E-state index is 12.5. The van der Waals surface area contributed by atoms with E-state index < -0.39 is 5.60 Å². The number of rotatable bonds is 7. The number of hydrazine groups is 1. The van der Waals surface area contributed by atoms with E-state index in [1.807, 2.05) is 56.1 Å². The molecule has 4 heteroatoms. The van der Waals surface area contributed by atoms with Gasteiger partial charge in [-0.05, 0) is 39.3 Å². The summed E-state index contributed by atoms with van der Waals surface area (Å²) in [6.45, 7) is 14.1. The Bertz CT molecular complexity index is 492. The monoisotopic (exact) mass is 302 g/mol. The molecule has 0 radical (unpaired) electrons. The molecule has 1 aromatic rings. The molecule has 4 nitrogen and oxygen atoms in total. The van der Waals surface area contributed by atoms with Gasteiger partial charge >= 0.3 is 6.09 Å². The van der Waals surface area contributed by atoms with Crippen LogP contribution in [0.15, 0.2) is 55.6 Å². The first-order valence-electron chi connectivity index (χ1n) is 7.44. The van der Waals surface area contributed by atoms with E-state index in [1.54, 1.807) is 17.2 Å². The van der Waals surface area contributed by atoms with Gasteiger partial charge in [-0.2, -0.15) is 0 Å². The van der Waals surface area contributed by atoms with Crippen molar-refractivity contribution in [2.45, 2.75) is 32.8 Å². The molecule has 1 aromatic carbocycles. The van der Waals surface area contributed by atoms with Crippen molar-refractivity contribution in [2.75, 3.05) is 18.1 Å². The number of hydrogen-bond acceptors (Lipinski definition) is 3. The van der Waals surface area contributed by atoms with Crippen LogP contribution in [0.25, 0.3) is 0 Å². The second kappa shape index (κ2) is 8.27. The van der Waals surface area contributed by atoms with Crippen molar-refractivity contribution in [2.24, 2.45) is 0 Å². The number of nitrogens with zero attached hydrogens (tertiary/aromatic N) is 2. The summed E-state index contributed by atoms with van der Waals surface area (Å²) in [5, 5.41) is 3.47. The van der Waals surface area contributed by atoms with E-state index in [4.69, 9.17) is 4.74 Å². The predicted octanol–water partition coefficient (Wildman–Crippen LogP) is 4.41. The maximum atomic E-state index is 12.5. The third-order valence-corrected chi connectivity index (χ3v) is 2.80. The van der Waals surface area contributed by atoms with Crippen molar-refractivity contribution < 1.29 is 9.53 Å². The Morgan fingerprint density at radius 1 is 1.18 bits per heavy atom. The summed E-state index contributed by atoms with van der Waals surface area (Å²) in [6.07, 6.45) is 3.85. The van der Waals surface area contributed by atoms with E-state index in [1.165, 1.54) is 0 Å². The van der Waals surface area contributed by atoms with E-state index >= 15 is 0 Å². The lowest BCUT2D eigenvalue weighted by atomic mass is 10.2. The van der Waals surface area contributed by atoms with E-state index in [2.05, 4.69) is 13.2 Å². The zero-order chi connectivity index (χ0) is 16.6. The molecule has 0 fully saturated rings. The molecule has 0 heterocycles. The van der Waals surface area contributed by atoms with Crippen LogP contribution in [-0.4, -0.2) is 29.8 Å². The quantitative estimate of drug-likeness (QED) is 0.552. The number of amides is 1. The van der Waals surface area contributed by atoms with Crippen molar-refractivity contribution in [1.29, 1.82) is 0 Å². The van der Waals surface area contributed by atoms with Crippen molar-refractivity contribution in [1.82, 2.24) is 5.01 Å². The van der Waals surface area contributed by atoms with Crippen LogP contribution in [0.5, 0.6) is 0 Å². The Kier molecular flexibility index (Phi) is 6.70. The maximum Gasteiger partial charge on any atom is 0.429 e. The summed E-state index contributed by atoms with van der Waals surface area (Å²) in [5.74, 6) is 0. The van der Waals surface area contributed by atoms with Crippen molar-refractivity contribution in [3.8, 4) is 0 Å². The standard InChI is InChI=1S/C18H26N2O2/c1-6-8-15-20(17(21)22-18(3,4)5)19(14-7-2)16-12-10-9-11-13-16/h6-7,9-13H,1-2,8,14-15H2,3-5H3. The number of benzene rings is 1. The average molecular weight is 302 g/mol. The fourth-order valence-electron chi connectivity index (χ4n) is 1.90. The second-order valence-corrected chi connectivity index (χ2v) is 5.89. The number of carbonyl (C=O) groups is 1. The lowest BCUT2D eigenvalue weighted by Gasteiger charge is -2.36. The molecule has 0 saturated carbocycles. The van der Waals surface area contributed by atoms with Crippen LogP contribution in [0.1, 0.15) is 27.2 Å². The van der Waals surface area contributed by atoms with Crippen molar-refractivity contribution in [3.63, 3.8) is 0 Å². The van der Waals surface area contributed by atoms with Crippen LogP contribution < -0.4 is 5.01 Å². The van der Waals surface area contributed by atoms with Gasteiger partial charge < -0.3 is 4.74 Å². The van der Waals surface area contributed by atoms with Gasteiger partial charge in [0.15, 0.2) is 0 Å². The number of ether oxygens (including phenoxy) is 1. The molecule has 1 rings (SSSR count). The van der Waals surface area contributed by atoms with Crippen LogP contribution in [-0.2, 0) is 4.74 Å². The normalized spacial score (nSPS) is 10.7. The first-order valence-corrected chi connectivity index (χ1v) is 7.44. The number of para-hydroxylation sites is 1. The highest BCUT2D eigenvalue weighted by atomic mass is 16.6. The molecule has 120 valence electrons. The summed E-state index contributed by atoms with van der Waals surface area (Å²) in [4.78, 5) is 12.5. The largest absolute Gasteiger partial charge is 0.442 e. The van der Waals surface area contributed by atoms with Gasteiger partial charge in [0.1, 0.15) is 5.60 Å². The number of carbonyl (C=O) groups excluding carboxylic acids is 1. The molecule has 0 unspecified atom stereocenters. The summed E-state index contributed by atoms with van der Waals surface area (Å²) >= 11 is 0. The Hall–Kier alpha value is -2.23. The summed E-state index contributed by atoms with van der Waals surface area (Å²) in [7, 11) is 0. The van der Waals surface area contributed by atoms with E-state index in [9.17, 15) is 4.79 Å². The molecular formula is C18H26N2O2. The van der Waals surface area contributed by atoms with Gasteiger partial charge in [0.25, 0.3) is 0 Å². The summed E-state index contributed by atoms with van der Waals surface area (Å²) < 4.78 is 5.52. The first-order chi connectivity index (χ1) is 10.4. The molecule has 0 aliphatic heterocycles. The van der Waals surface area contributed by atoms with Crippen LogP contribution in [0, 0.1) is 0 Å². The highest BCUT2D eigenvalue weighted by Gasteiger charge is 2.26. The Morgan fingerprint density at radius 2 is 1.82 bits per heavy atom. The van der Waals surface area contributed by atoms with E-state index in [-0.39, 0.29) is 6.09 Å². The van der Waals surface area contributed by atoms with Gasteiger partial charge in [0, 0.05) is 6.54 Å². The molecule has 0 aliphatic rings. The number of anilines is 1. The third kappa shape index (κ3) is 5.64. The SMILES string of the molecule is C=CCCN(C(=O)OC(C)(C)C)N(CC=C)c1ccccc1. The molecule has 0 N–H and O–H groups in total. The topological polar surface area (TPSA) is 32.8 Å².